The summed E-state index contributed by atoms with van der Waals surface area (Å²) in [5.41, 5.74) is 1.75. The van der Waals surface area contributed by atoms with E-state index in [1.807, 2.05) is 44.2 Å². The van der Waals surface area contributed by atoms with Gasteiger partial charge in [-0.15, -0.1) is 11.3 Å². The number of thiophene rings is 1. The third-order valence-electron chi connectivity index (χ3n) is 4.88. The van der Waals surface area contributed by atoms with Gasteiger partial charge in [0.1, 0.15) is 11.4 Å². The lowest BCUT2D eigenvalue weighted by Crippen LogP contribution is -2.37. The van der Waals surface area contributed by atoms with E-state index in [-0.39, 0.29) is 24.1 Å². The lowest BCUT2D eigenvalue weighted by Gasteiger charge is -2.14. The number of hydrogen-bond acceptors (Lipinski definition) is 4. The fourth-order valence-electron chi connectivity index (χ4n) is 3.45. The van der Waals surface area contributed by atoms with Crippen LogP contribution < -0.4 is 10.9 Å². The number of hydrogen-bond donors (Lipinski definition) is 1. The number of rotatable bonds is 8. The molecule has 0 saturated heterocycles. The Hall–Kier alpha value is -2.47. The quantitative estimate of drug-likeness (QED) is 0.569. The van der Waals surface area contributed by atoms with E-state index >= 15 is 0 Å². The molecule has 0 spiro atoms. The molecular weight excluding hydrogens is 370 g/mol. The third kappa shape index (κ3) is 4.50. The monoisotopic (exact) mass is 397 g/mol. The second-order valence-electron chi connectivity index (χ2n) is 7.22. The van der Waals surface area contributed by atoms with E-state index in [2.05, 4.69) is 17.2 Å². The number of unbranched alkanes of at least 4 members (excludes halogenated alkanes) is 2. The minimum Gasteiger partial charge on any atom is -0.352 e. The predicted octanol–water partition coefficient (Wildman–Crippen LogP) is 4.52. The summed E-state index contributed by atoms with van der Waals surface area (Å²) in [6, 6.07) is 9.97. The summed E-state index contributed by atoms with van der Waals surface area (Å²) in [5, 5.41) is 3.59. The smallest absolute Gasteiger partial charge is 0.263 e. The van der Waals surface area contributed by atoms with Crippen molar-refractivity contribution in [2.24, 2.45) is 0 Å². The second kappa shape index (κ2) is 9.15. The van der Waals surface area contributed by atoms with Crippen molar-refractivity contribution in [3.63, 3.8) is 0 Å². The average Bonchev–Trinajstić information content (AvgIpc) is 3.01. The number of carbonyl (C=O) groups is 1. The molecule has 0 unspecified atom stereocenters. The Kier molecular flexibility index (Phi) is 6.62. The van der Waals surface area contributed by atoms with E-state index in [9.17, 15) is 9.59 Å². The molecule has 1 atom stereocenters. The number of aryl methyl sites for hydroxylation is 1. The molecule has 0 aliphatic rings. The first-order chi connectivity index (χ1) is 13.5. The molecule has 0 radical (unpaired) electrons. The lowest BCUT2D eigenvalue weighted by atomic mass is 10.0. The summed E-state index contributed by atoms with van der Waals surface area (Å²) in [6.45, 7) is 6.16. The fourth-order valence-corrected chi connectivity index (χ4v) is 4.45. The zero-order valence-corrected chi connectivity index (χ0v) is 17.5. The van der Waals surface area contributed by atoms with E-state index < -0.39 is 0 Å². The molecule has 2 aromatic heterocycles. The molecule has 0 fully saturated rings. The highest BCUT2D eigenvalue weighted by molar-refractivity contribution is 7.19. The summed E-state index contributed by atoms with van der Waals surface area (Å²) in [4.78, 5) is 31.7. The van der Waals surface area contributed by atoms with Crippen LogP contribution in [0.3, 0.4) is 0 Å². The van der Waals surface area contributed by atoms with Crippen LogP contribution in [0, 0.1) is 6.92 Å². The van der Waals surface area contributed by atoms with E-state index in [4.69, 9.17) is 0 Å². The highest BCUT2D eigenvalue weighted by Crippen LogP contribution is 2.35. The molecule has 0 aliphatic carbocycles. The highest BCUT2D eigenvalue weighted by atomic mass is 32.1. The van der Waals surface area contributed by atoms with Gasteiger partial charge in [-0.25, -0.2) is 4.98 Å². The lowest BCUT2D eigenvalue weighted by molar-refractivity contribution is -0.122. The van der Waals surface area contributed by atoms with Crippen molar-refractivity contribution >= 4 is 27.5 Å². The van der Waals surface area contributed by atoms with Crippen molar-refractivity contribution < 1.29 is 4.79 Å². The third-order valence-corrected chi connectivity index (χ3v) is 5.89. The number of aromatic nitrogens is 2. The summed E-state index contributed by atoms with van der Waals surface area (Å²) in [6.07, 6.45) is 5.86. The molecular formula is C22H27N3O2S. The Balaban J connectivity index is 1.84. The molecule has 0 saturated carbocycles. The largest absolute Gasteiger partial charge is 0.352 e. The van der Waals surface area contributed by atoms with Crippen molar-refractivity contribution in [2.45, 2.75) is 59.0 Å². The van der Waals surface area contributed by atoms with Crippen LogP contribution in [0.25, 0.3) is 21.3 Å². The van der Waals surface area contributed by atoms with Crippen molar-refractivity contribution in [1.82, 2.24) is 14.9 Å². The van der Waals surface area contributed by atoms with Gasteiger partial charge in [0, 0.05) is 16.5 Å². The van der Waals surface area contributed by atoms with Gasteiger partial charge in [-0.2, -0.15) is 0 Å². The molecule has 0 bridgehead atoms. The van der Waals surface area contributed by atoms with Crippen LogP contribution in [0.15, 0.2) is 41.5 Å². The van der Waals surface area contributed by atoms with Gasteiger partial charge >= 0.3 is 0 Å². The average molecular weight is 398 g/mol. The minimum atomic E-state index is -0.165. The minimum absolute atomic E-state index is 0.0109. The maximum Gasteiger partial charge on any atom is 0.263 e. The number of carbonyl (C=O) groups excluding carboxylic acids is 1. The molecule has 6 heteroatoms. The predicted molar refractivity (Wildman–Crippen MR) is 116 cm³/mol. The second-order valence-corrected chi connectivity index (χ2v) is 8.42. The molecule has 148 valence electrons. The zero-order valence-electron chi connectivity index (χ0n) is 16.7. The first-order valence-corrected chi connectivity index (χ1v) is 10.7. The Bertz CT molecular complexity index is 1010. The van der Waals surface area contributed by atoms with Gasteiger partial charge in [0.25, 0.3) is 5.56 Å². The standard InChI is InChI=1S/C22H27N3O2S/c1-4-5-7-10-15(2)24-18(26)13-25-14-23-21-20(22(25)27)19(16(3)28-21)17-11-8-6-9-12-17/h6,8-9,11-12,14-15H,4-5,7,10,13H2,1-3H3,(H,24,26)/t15-/m1/s1. The molecule has 2 heterocycles. The van der Waals surface area contributed by atoms with Crippen LogP contribution in [0.4, 0.5) is 0 Å². The Labute approximate surface area is 169 Å². The summed E-state index contributed by atoms with van der Waals surface area (Å²) in [5.74, 6) is -0.152. The molecule has 1 N–H and O–H groups in total. The van der Waals surface area contributed by atoms with Crippen LogP contribution >= 0.6 is 11.3 Å². The topological polar surface area (TPSA) is 64.0 Å². The van der Waals surface area contributed by atoms with E-state index in [0.29, 0.717) is 10.2 Å². The highest BCUT2D eigenvalue weighted by Gasteiger charge is 2.18. The SMILES string of the molecule is CCCCC[C@@H](C)NC(=O)Cn1cnc2sc(C)c(-c3ccccc3)c2c1=O. The number of fused-ring (bicyclic) bond motifs is 1. The molecule has 5 nitrogen and oxygen atoms in total. The van der Waals surface area contributed by atoms with Gasteiger partial charge in [-0.05, 0) is 25.8 Å². The molecule has 28 heavy (non-hydrogen) atoms. The number of nitrogens with zero attached hydrogens (tertiary/aromatic N) is 2. The van der Waals surface area contributed by atoms with Crippen LogP contribution in [0.5, 0.6) is 0 Å². The van der Waals surface area contributed by atoms with Crippen molar-refractivity contribution in [3.05, 3.63) is 51.9 Å². The zero-order chi connectivity index (χ0) is 20.1. The van der Waals surface area contributed by atoms with Gasteiger partial charge < -0.3 is 5.32 Å². The summed E-state index contributed by atoms with van der Waals surface area (Å²) < 4.78 is 1.41. The van der Waals surface area contributed by atoms with Crippen LogP contribution in [0.2, 0.25) is 0 Å². The van der Waals surface area contributed by atoms with Gasteiger partial charge in [0.15, 0.2) is 0 Å². The normalized spacial score (nSPS) is 12.2. The Morgan fingerprint density at radius 1 is 1.25 bits per heavy atom. The number of benzene rings is 1. The van der Waals surface area contributed by atoms with Gasteiger partial charge in [0.2, 0.25) is 5.91 Å². The van der Waals surface area contributed by atoms with E-state index in [1.165, 1.54) is 28.7 Å². The molecule has 0 aliphatic heterocycles. The molecule has 3 rings (SSSR count). The van der Waals surface area contributed by atoms with Crippen LogP contribution in [-0.2, 0) is 11.3 Å². The molecule has 1 amide bonds. The van der Waals surface area contributed by atoms with Crippen LogP contribution in [0.1, 0.15) is 44.4 Å². The van der Waals surface area contributed by atoms with E-state index in [0.717, 1.165) is 35.3 Å². The Morgan fingerprint density at radius 2 is 2.00 bits per heavy atom. The first kappa shape index (κ1) is 20.3. The fraction of sp³-hybridized carbons (Fsp3) is 0.409. The maximum absolute atomic E-state index is 13.1. The molecule has 3 aromatic rings. The van der Waals surface area contributed by atoms with Crippen LogP contribution in [-0.4, -0.2) is 21.5 Å². The Morgan fingerprint density at radius 3 is 2.71 bits per heavy atom. The van der Waals surface area contributed by atoms with Crippen molar-refractivity contribution in [1.29, 1.82) is 0 Å². The van der Waals surface area contributed by atoms with E-state index in [1.54, 1.807) is 0 Å². The first-order valence-electron chi connectivity index (χ1n) is 9.84. The van der Waals surface area contributed by atoms with Gasteiger partial charge in [-0.1, -0.05) is 56.5 Å². The van der Waals surface area contributed by atoms with Gasteiger partial charge in [-0.3, -0.25) is 14.2 Å². The number of amides is 1. The summed E-state index contributed by atoms with van der Waals surface area (Å²) >= 11 is 1.51. The summed E-state index contributed by atoms with van der Waals surface area (Å²) in [7, 11) is 0. The van der Waals surface area contributed by atoms with Gasteiger partial charge in [0.05, 0.1) is 11.7 Å². The molecule has 1 aromatic carbocycles. The maximum atomic E-state index is 13.1. The van der Waals surface area contributed by atoms with Crippen molar-refractivity contribution in [2.75, 3.05) is 0 Å². The van der Waals surface area contributed by atoms with Crippen molar-refractivity contribution in [3.8, 4) is 11.1 Å². The number of nitrogens with one attached hydrogen (secondary N) is 1.